The van der Waals surface area contributed by atoms with E-state index in [0.717, 1.165) is 0 Å². The van der Waals surface area contributed by atoms with Gasteiger partial charge in [-0.05, 0) is 49.4 Å². The number of aliphatic imine (C=N–C) groups is 1. The molecule has 1 atom stereocenters. The zero-order chi connectivity index (χ0) is 21.7. The third-order valence-corrected chi connectivity index (χ3v) is 4.36. The van der Waals surface area contributed by atoms with Crippen molar-refractivity contribution in [3.63, 3.8) is 0 Å². The number of carbonyl (C=O) groups excluding carboxylic acids is 1. The van der Waals surface area contributed by atoms with Crippen LogP contribution in [0.3, 0.4) is 0 Å². The van der Waals surface area contributed by atoms with Crippen molar-refractivity contribution in [1.29, 1.82) is 0 Å². The summed E-state index contributed by atoms with van der Waals surface area (Å²) in [6.07, 6.45) is 4.22. The van der Waals surface area contributed by atoms with Crippen LogP contribution in [0.5, 0.6) is 0 Å². The topological polar surface area (TPSA) is 102 Å². The van der Waals surface area contributed by atoms with Gasteiger partial charge in [-0.2, -0.15) is 8.78 Å². The molecular formula is C20H20F3N5O2. The van der Waals surface area contributed by atoms with Gasteiger partial charge in [-0.3, -0.25) is 9.79 Å². The molecule has 4 N–H and O–H groups in total. The zero-order valence-corrected chi connectivity index (χ0v) is 16.0. The number of amides is 1. The Labute approximate surface area is 170 Å². The first kappa shape index (κ1) is 21.3. The third kappa shape index (κ3) is 5.35. The maximum atomic E-state index is 14.1. The highest BCUT2D eigenvalue weighted by molar-refractivity contribution is 6.47. The first-order valence-corrected chi connectivity index (χ1v) is 8.99. The van der Waals surface area contributed by atoms with Crippen molar-refractivity contribution in [2.24, 2.45) is 4.99 Å². The van der Waals surface area contributed by atoms with Crippen molar-refractivity contribution < 1.29 is 22.7 Å². The highest BCUT2D eigenvalue weighted by Gasteiger charge is 2.29. The minimum Gasteiger partial charge on any atom is -0.382 e. The molecule has 1 aliphatic heterocycles. The summed E-state index contributed by atoms with van der Waals surface area (Å²) in [7, 11) is 0. The van der Waals surface area contributed by atoms with E-state index in [4.69, 9.17) is 5.73 Å². The molecule has 0 saturated heterocycles. The first-order chi connectivity index (χ1) is 14.3. The molecule has 30 heavy (non-hydrogen) atoms. The molecule has 2 heterocycles. The predicted molar refractivity (Wildman–Crippen MR) is 108 cm³/mol. The van der Waals surface area contributed by atoms with Gasteiger partial charge in [-0.15, -0.1) is 0 Å². The Morgan fingerprint density at radius 3 is 2.83 bits per heavy atom. The molecule has 0 spiro atoms. The Balaban J connectivity index is 1.65. The van der Waals surface area contributed by atoms with Crippen LogP contribution < -0.4 is 16.4 Å². The van der Waals surface area contributed by atoms with E-state index in [0.29, 0.717) is 16.9 Å². The number of nitrogens with two attached hydrogens (primary N) is 1. The number of halogens is 3. The molecule has 1 aromatic heterocycles. The lowest BCUT2D eigenvalue weighted by molar-refractivity contribution is -0.182. The fourth-order valence-corrected chi connectivity index (χ4v) is 2.77. The number of aromatic nitrogens is 1. The van der Waals surface area contributed by atoms with Crippen molar-refractivity contribution in [1.82, 2.24) is 4.98 Å². The minimum atomic E-state index is -2.95. The van der Waals surface area contributed by atoms with E-state index in [-0.39, 0.29) is 24.6 Å². The number of dihydropyridines is 1. The molecule has 1 aliphatic rings. The molecule has 0 fully saturated rings. The second-order valence-electron chi connectivity index (χ2n) is 6.78. The van der Waals surface area contributed by atoms with Crippen LogP contribution in [0, 0.1) is 5.82 Å². The first-order valence-electron chi connectivity index (χ1n) is 8.99. The van der Waals surface area contributed by atoms with Gasteiger partial charge in [0.25, 0.3) is 5.91 Å². The van der Waals surface area contributed by atoms with Gasteiger partial charge >= 0.3 is 6.61 Å². The highest BCUT2D eigenvalue weighted by Crippen LogP contribution is 2.22. The predicted octanol–water partition coefficient (Wildman–Crippen LogP) is 3.36. The number of nitrogen functional groups attached to an aromatic ring is 1. The van der Waals surface area contributed by atoms with Gasteiger partial charge in [-0.25, -0.2) is 9.37 Å². The molecule has 0 radical (unpaired) electrons. The maximum absolute atomic E-state index is 14.1. The molecule has 1 aromatic carbocycles. The van der Waals surface area contributed by atoms with Crippen molar-refractivity contribution in [2.75, 3.05) is 22.9 Å². The van der Waals surface area contributed by atoms with Crippen LogP contribution in [0.25, 0.3) is 0 Å². The SMILES string of the molecule is CC1(OC(F)F)C=CC(C(=O)Nc2ccc(F)c(CNc3cccnc3N)c2)=NC1. The zero-order valence-electron chi connectivity index (χ0n) is 16.0. The van der Waals surface area contributed by atoms with E-state index >= 15 is 0 Å². The summed E-state index contributed by atoms with van der Waals surface area (Å²) >= 11 is 0. The molecule has 0 saturated carbocycles. The van der Waals surface area contributed by atoms with Gasteiger partial charge in [0.2, 0.25) is 0 Å². The van der Waals surface area contributed by atoms with Crippen LogP contribution in [0.2, 0.25) is 0 Å². The van der Waals surface area contributed by atoms with Crippen LogP contribution in [0.15, 0.2) is 53.7 Å². The Hall–Kier alpha value is -3.40. The number of anilines is 3. The Morgan fingerprint density at radius 1 is 1.37 bits per heavy atom. The summed E-state index contributed by atoms with van der Waals surface area (Å²) in [6.45, 7) is -1.50. The number of nitrogens with one attached hydrogen (secondary N) is 2. The van der Waals surface area contributed by atoms with Crippen molar-refractivity contribution >= 4 is 28.8 Å². The van der Waals surface area contributed by atoms with E-state index in [1.165, 1.54) is 37.3 Å². The molecule has 0 aliphatic carbocycles. The number of rotatable bonds is 7. The molecular weight excluding hydrogens is 399 g/mol. The Kier molecular flexibility index (Phi) is 6.36. The lowest BCUT2D eigenvalue weighted by Crippen LogP contribution is -2.36. The number of hydrogen-bond acceptors (Lipinski definition) is 6. The number of pyridine rings is 1. The largest absolute Gasteiger partial charge is 0.382 e. The van der Waals surface area contributed by atoms with Crippen LogP contribution >= 0.6 is 0 Å². The van der Waals surface area contributed by atoms with Gasteiger partial charge in [0, 0.05) is 24.0 Å². The Morgan fingerprint density at radius 2 is 2.17 bits per heavy atom. The lowest BCUT2D eigenvalue weighted by atomic mass is 10.0. The number of alkyl halides is 2. The third-order valence-electron chi connectivity index (χ3n) is 4.36. The second kappa shape index (κ2) is 8.95. The van der Waals surface area contributed by atoms with Crippen LogP contribution in [-0.4, -0.2) is 35.4 Å². The average Bonchev–Trinajstić information content (AvgIpc) is 2.69. The molecule has 10 heteroatoms. The minimum absolute atomic E-state index is 0.0532. The summed E-state index contributed by atoms with van der Waals surface area (Å²) in [5, 5.41) is 5.60. The monoisotopic (exact) mass is 419 g/mol. The van der Waals surface area contributed by atoms with Gasteiger partial charge in [0.1, 0.15) is 22.9 Å². The molecule has 158 valence electrons. The van der Waals surface area contributed by atoms with E-state index in [1.54, 1.807) is 18.3 Å². The van der Waals surface area contributed by atoms with E-state index in [1.807, 2.05) is 0 Å². The quantitative estimate of drug-likeness (QED) is 0.639. The van der Waals surface area contributed by atoms with Gasteiger partial charge in [0.05, 0.1) is 12.2 Å². The summed E-state index contributed by atoms with van der Waals surface area (Å²) in [4.78, 5) is 20.4. The summed E-state index contributed by atoms with van der Waals surface area (Å²) in [5.74, 6) is -0.725. The molecule has 7 nitrogen and oxygen atoms in total. The highest BCUT2D eigenvalue weighted by atomic mass is 19.3. The van der Waals surface area contributed by atoms with Crippen LogP contribution in [0.4, 0.5) is 30.4 Å². The smallest absolute Gasteiger partial charge is 0.346 e. The molecule has 0 bridgehead atoms. The second-order valence-corrected chi connectivity index (χ2v) is 6.78. The molecule has 3 rings (SSSR count). The number of carbonyl (C=O) groups is 1. The summed E-state index contributed by atoms with van der Waals surface area (Å²) < 4.78 is 43.5. The van der Waals surface area contributed by atoms with Crippen molar-refractivity contribution in [3.05, 3.63) is 60.1 Å². The van der Waals surface area contributed by atoms with Gasteiger partial charge < -0.3 is 21.1 Å². The Bertz CT molecular complexity index is 996. The van der Waals surface area contributed by atoms with Crippen molar-refractivity contribution in [2.45, 2.75) is 25.7 Å². The van der Waals surface area contributed by atoms with Crippen LogP contribution in [0.1, 0.15) is 12.5 Å². The summed E-state index contributed by atoms with van der Waals surface area (Å²) in [6, 6.07) is 7.52. The van der Waals surface area contributed by atoms with E-state index < -0.39 is 23.9 Å². The number of hydrogen-bond donors (Lipinski definition) is 3. The van der Waals surface area contributed by atoms with Gasteiger partial charge in [0.15, 0.2) is 0 Å². The maximum Gasteiger partial charge on any atom is 0.346 e. The van der Waals surface area contributed by atoms with E-state index in [9.17, 15) is 18.0 Å². The molecule has 1 amide bonds. The summed E-state index contributed by atoms with van der Waals surface area (Å²) in [5.41, 5.74) is 5.74. The number of benzene rings is 1. The van der Waals surface area contributed by atoms with Crippen LogP contribution in [-0.2, 0) is 16.1 Å². The fourth-order valence-electron chi connectivity index (χ4n) is 2.77. The normalized spacial score (nSPS) is 18.2. The standard InChI is InChI=1S/C20H20F3N5O2/c1-20(30-19(22)23)7-6-16(27-11-20)18(29)28-13-4-5-14(21)12(9-13)10-26-15-3-2-8-25-17(15)24/h2-9,19,26H,10-11H2,1H3,(H2,24,25)(H,28,29). The lowest BCUT2D eigenvalue weighted by Gasteiger charge is -2.26. The van der Waals surface area contributed by atoms with Gasteiger partial charge in [-0.1, -0.05) is 0 Å². The van der Waals surface area contributed by atoms with Crippen molar-refractivity contribution in [3.8, 4) is 0 Å². The molecule has 2 aromatic rings. The average molecular weight is 419 g/mol. The number of ether oxygens (including phenoxy) is 1. The number of nitrogens with zero attached hydrogens (tertiary/aromatic N) is 2. The fraction of sp³-hybridized carbons (Fsp3) is 0.250. The van der Waals surface area contributed by atoms with E-state index in [2.05, 4.69) is 25.3 Å². The molecule has 1 unspecified atom stereocenters.